The molecule has 2 aromatic rings. The van der Waals surface area contributed by atoms with Crippen LogP contribution in [0.3, 0.4) is 0 Å². The Bertz CT molecular complexity index is 809. The van der Waals surface area contributed by atoms with Gasteiger partial charge >= 0.3 is 5.97 Å². The maximum absolute atomic E-state index is 11.9. The number of carbonyl (C=O) groups is 2. The summed E-state index contributed by atoms with van der Waals surface area (Å²) in [6.45, 7) is 1.75. The molecule has 130 valence electrons. The van der Waals surface area contributed by atoms with E-state index in [9.17, 15) is 14.7 Å². The molecule has 0 radical (unpaired) electrons. The van der Waals surface area contributed by atoms with Gasteiger partial charge in [-0.05, 0) is 72.1 Å². The SMILES string of the molecule is Cc1ccc(OCC(=O)NC(=S)Nc2ccc(I)cc2C(=O)O)cc1. The highest BCUT2D eigenvalue weighted by molar-refractivity contribution is 14.1. The molecule has 6 nitrogen and oxygen atoms in total. The van der Waals surface area contributed by atoms with Gasteiger partial charge in [0.25, 0.3) is 5.91 Å². The maximum Gasteiger partial charge on any atom is 0.337 e. The number of carbonyl (C=O) groups excluding carboxylic acids is 1. The summed E-state index contributed by atoms with van der Waals surface area (Å²) in [5, 5.41) is 14.4. The Morgan fingerprint density at radius 1 is 1.20 bits per heavy atom. The molecule has 0 unspecified atom stereocenters. The van der Waals surface area contributed by atoms with Gasteiger partial charge in [0.15, 0.2) is 11.7 Å². The molecule has 0 heterocycles. The molecule has 0 aliphatic rings. The third-order valence-corrected chi connectivity index (χ3v) is 3.98. The normalized spacial score (nSPS) is 10.0. The molecule has 0 fully saturated rings. The van der Waals surface area contributed by atoms with Crippen molar-refractivity contribution in [1.29, 1.82) is 0 Å². The highest BCUT2D eigenvalue weighted by Gasteiger charge is 2.13. The van der Waals surface area contributed by atoms with Crippen LogP contribution in [0.25, 0.3) is 0 Å². The number of benzene rings is 2. The van der Waals surface area contributed by atoms with Gasteiger partial charge in [-0.1, -0.05) is 17.7 Å². The average Bonchev–Trinajstić information content (AvgIpc) is 2.55. The summed E-state index contributed by atoms with van der Waals surface area (Å²) in [5.41, 5.74) is 1.46. The molecule has 0 aromatic heterocycles. The Kier molecular flexibility index (Phi) is 6.71. The predicted molar refractivity (Wildman–Crippen MR) is 107 cm³/mol. The Morgan fingerprint density at radius 3 is 2.52 bits per heavy atom. The van der Waals surface area contributed by atoms with Crippen LogP contribution in [0.15, 0.2) is 42.5 Å². The summed E-state index contributed by atoms with van der Waals surface area (Å²) in [6.07, 6.45) is 0. The molecule has 3 N–H and O–H groups in total. The number of hydrogen-bond donors (Lipinski definition) is 3. The van der Waals surface area contributed by atoms with E-state index in [0.717, 1.165) is 9.13 Å². The van der Waals surface area contributed by atoms with Crippen LogP contribution < -0.4 is 15.4 Å². The predicted octanol–water partition coefficient (Wildman–Crippen LogP) is 3.19. The summed E-state index contributed by atoms with van der Waals surface area (Å²) < 4.78 is 6.14. The molecule has 0 saturated heterocycles. The van der Waals surface area contributed by atoms with Crippen molar-refractivity contribution in [3.8, 4) is 5.75 Å². The van der Waals surface area contributed by atoms with Crippen LogP contribution in [0.4, 0.5) is 5.69 Å². The fraction of sp³-hybridized carbons (Fsp3) is 0.118. The van der Waals surface area contributed by atoms with Gasteiger partial charge in [0, 0.05) is 3.57 Å². The minimum atomic E-state index is -1.09. The number of thiocarbonyl (C=S) groups is 1. The summed E-state index contributed by atoms with van der Waals surface area (Å²) in [5.74, 6) is -0.955. The van der Waals surface area contributed by atoms with Crippen molar-refractivity contribution in [1.82, 2.24) is 5.32 Å². The monoisotopic (exact) mass is 470 g/mol. The van der Waals surface area contributed by atoms with Crippen LogP contribution in [-0.2, 0) is 4.79 Å². The minimum absolute atomic E-state index is 0.00112. The number of carboxylic acids is 1. The molecule has 0 saturated carbocycles. The molecule has 2 aromatic carbocycles. The number of aryl methyl sites for hydroxylation is 1. The zero-order valence-corrected chi connectivity index (χ0v) is 16.2. The number of nitrogens with one attached hydrogen (secondary N) is 2. The molecule has 0 atom stereocenters. The van der Waals surface area contributed by atoms with E-state index in [2.05, 4.69) is 10.6 Å². The van der Waals surface area contributed by atoms with E-state index >= 15 is 0 Å². The number of ether oxygens (including phenoxy) is 1. The lowest BCUT2D eigenvalue weighted by atomic mass is 10.2. The van der Waals surface area contributed by atoms with Crippen molar-refractivity contribution in [2.24, 2.45) is 0 Å². The molecular formula is C17H15IN2O4S. The van der Waals surface area contributed by atoms with Gasteiger partial charge < -0.3 is 15.2 Å². The lowest BCUT2D eigenvalue weighted by Crippen LogP contribution is -2.37. The second-order valence-electron chi connectivity index (χ2n) is 5.10. The van der Waals surface area contributed by atoms with Crippen molar-refractivity contribution in [2.75, 3.05) is 11.9 Å². The van der Waals surface area contributed by atoms with E-state index in [4.69, 9.17) is 17.0 Å². The van der Waals surface area contributed by atoms with Crippen molar-refractivity contribution in [2.45, 2.75) is 6.92 Å². The zero-order chi connectivity index (χ0) is 18.4. The highest BCUT2D eigenvalue weighted by Crippen LogP contribution is 2.19. The molecule has 8 heteroatoms. The second-order valence-corrected chi connectivity index (χ2v) is 6.75. The first-order valence-electron chi connectivity index (χ1n) is 7.18. The number of carboxylic acid groups (broad SMARTS) is 1. The van der Waals surface area contributed by atoms with E-state index < -0.39 is 11.9 Å². The van der Waals surface area contributed by atoms with Crippen molar-refractivity contribution in [3.05, 3.63) is 57.2 Å². The minimum Gasteiger partial charge on any atom is -0.484 e. The van der Waals surface area contributed by atoms with Crippen LogP contribution in [0.1, 0.15) is 15.9 Å². The van der Waals surface area contributed by atoms with Crippen LogP contribution in [0, 0.1) is 10.5 Å². The Labute approximate surface area is 163 Å². The molecular weight excluding hydrogens is 455 g/mol. The summed E-state index contributed by atoms with van der Waals surface area (Å²) in [6, 6.07) is 12.1. The maximum atomic E-state index is 11.9. The van der Waals surface area contributed by atoms with Crippen LogP contribution in [0.5, 0.6) is 5.75 Å². The van der Waals surface area contributed by atoms with Crippen LogP contribution >= 0.6 is 34.8 Å². The smallest absolute Gasteiger partial charge is 0.337 e. The third kappa shape index (κ3) is 5.98. The van der Waals surface area contributed by atoms with Gasteiger partial charge in [-0.2, -0.15) is 0 Å². The first-order valence-corrected chi connectivity index (χ1v) is 8.67. The van der Waals surface area contributed by atoms with E-state index in [0.29, 0.717) is 11.4 Å². The van der Waals surface area contributed by atoms with Crippen molar-refractivity contribution in [3.63, 3.8) is 0 Å². The number of anilines is 1. The van der Waals surface area contributed by atoms with E-state index in [1.807, 2.05) is 41.6 Å². The summed E-state index contributed by atoms with van der Waals surface area (Å²) in [7, 11) is 0. The number of aromatic carboxylic acids is 1. The fourth-order valence-corrected chi connectivity index (χ4v) is 2.62. The molecule has 0 spiro atoms. The van der Waals surface area contributed by atoms with Gasteiger partial charge in [-0.3, -0.25) is 10.1 Å². The number of rotatable bonds is 5. The number of hydrogen-bond acceptors (Lipinski definition) is 4. The lowest BCUT2D eigenvalue weighted by Gasteiger charge is -2.12. The lowest BCUT2D eigenvalue weighted by molar-refractivity contribution is -0.121. The van der Waals surface area contributed by atoms with Gasteiger partial charge in [0.2, 0.25) is 0 Å². The van der Waals surface area contributed by atoms with E-state index in [-0.39, 0.29) is 17.3 Å². The Hall–Kier alpha value is -2.20. The summed E-state index contributed by atoms with van der Waals surface area (Å²) in [4.78, 5) is 23.1. The fourth-order valence-electron chi connectivity index (χ4n) is 1.90. The molecule has 1 amide bonds. The third-order valence-electron chi connectivity index (χ3n) is 3.10. The quantitative estimate of drug-likeness (QED) is 0.460. The van der Waals surface area contributed by atoms with Gasteiger partial charge in [0.05, 0.1) is 11.3 Å². The molecule has 0 bridgehead atoms. The van der Waals surface area contributed by atoms with Gasteiger partial charge in [-0.25, -0.2) is 4.79 Å². The highest BCUT2D eigenvalue weighted by atomic mass is 127. The number of amides is 1. The first-order chi connectivity index (χ1) is 11.8. The first kappa shape index (κ1) is 19.1. The topological polar surface area (TPSA) is 87.7 Å². The standard InChI is InChI=1S/C17H15IN2O4S/c1-10-2-5-12(6-3-10)24-9-15(21)20-17(25)19-14-7-4-11(18)8-13(14)16(22)23/h2-8H,9H2,1H3,(H,22,23)(H2,19,20,21,25). The summed E-state index contributed by atoms with van der Waals surface area (Å²) >= 11 is 7.06. The largest absolute Gasteiger partial charge is 0.484 e. The molecule has 0 aliphatic heterocycles. The Morgan fingerprint density at radius 2 is 1.88 bits per heavy atom. The molecule has 2 rings (SSSR count). The van der Waals surface area contributed by atoms with Gasteiger partial charge in [0.1, 0.15) is 5.75 Å². The van der Waals surface area contributed by atoms with Crippen molar-refractivity contribution >= 4 is 57.5 Å². The Balaban J connectivity index is 1.90. The van der Waals surface area contributed by atoms with Crippen LogP contribution in [0.2, 0.25) is 0 Å². The number of halogens is 1. The van der Waals surface area contributed by atoms with E-state index in [1.165, 1.54) is 6.07 Å². The zero-order valence-electron chi connectivity index (χ0n) is 13.2. The molecule has 0 aliphatic carbocycles. The van der Waals surface area contributed by atoms with E-state index in [1.54, 1.807) is 24.3 Å². The average molecular weight is 470 g/mol. The second kappa shape index (κ2) is 8.77. The van der Waals surface area contributed by atoms with Gasteiger partial charge in [-0.15, -0.1) is 0 Å². The van der Waals surface area contributed by atoms with Crippen molar-refractivity contribution < 1.29 is 19.4 Å². The molecule has 25 heavy (non-hydrogen) atoms. The van der Waals surface area contributed by atoms with Crippen LogP contribution in [-0.4, -0.2) is 28.7 Å².